The molecule has 1 N–H and O–H groups in total. The molecule has 1 amide bonds. The topological polar surface area (TPSA) is 69.0 Å². The summed E-state index contributed by atoms with van der Waals surface area (Å²) in [7, 11) is 1.61. The Bertz CT molecular complexity index is 840. The van der Waals surface area contributed by atoms with Gasteiger partial charge in [0.1, 0.15) is 5.75 Å². The average molecular weight is 320 g/mol. The highest BCUT2D eigenvalue weighted by Gasteiger charge is 2.07. The largest absolute Gasteiger partial charge is 0.497 e. The zero-order valence-corrected chi connectivity index (χ0v) is 13.1. The van der Waals surface area contributed by atoms with Crippen molar-refractivity contribution in [2.45, 2.75) is 0 Å². The molecule has 0 radical (unpaired) electrons. The fourth-order valence-electron chi connectivity index (χ4n) is 2.13. The van der Waals surface area contributed by atoms with Crippen LogP contribution in [-0.2, 0) is 4.79 Å². The van der Waals surface area contributed by atoms with Crippen LogP contribution in [0, 0.1) is 0 Å². The monoisotopic (exact) mass is 320 g/mol. The molecule has 0 aliphatic rings. The zero-order chi connectivity index (χ0) is 16.8. The van der Waals surface area contributed by atoms with Crippen LogP contribution in [-0.4, -0.2) is 27.8 Å². The van der Waals surface area contributed by atoms with E-state index in [2.05, 4.69) is 15.4 Å². The second kappa shape index (κ2) is 7.23. The molecule has 0 saturated carbocycles. The molecule has 2 aromatic heterocycles. The predicted molar refractivity (Wildman–Crippen MR) is 92.0 cm³/mol. The molecule has 0 atom stereocenters. The second-order valence-electron chi connectivity index (χ2n) is 4.92. The van der Waals surface area contributed by atoms with Gasteiger partial charge in [-0.25, -0.2) is 9.67 Å². The quantitative estimate of drug-likeness (QED) is 0.734. The molecular formula is C18H16N4O2. The van der Waals surface area contributed by atoms with Crippen molar-refractivity contribution < 1.29 is 9.53 Å². The van der Waals surface area contributed by atoms with Gasteiger partial charge in [-0.05, 0) is 42.0 Å². The molecule has 0 aliphatic carbocycles. The number of methoxy groups -OCH3 is 1. The molecule has 0 spiro atoms. The average Bonchev–Trinajstić information content (AvgIpc) is 3.15. The van der Waals surface area contributed by atoms with Crippen LogP contribution in [0.5, 0.6) is 5.75 Å². The van der Waals surface area contributed by atoms with E-state index in [9.17, 15) is 4.79 Å². The molecular weight excluding hydrogens is 304 g/mol. The summed E-state index contributed by atoms with van der Waals surface area (Å²) in [6, 6.07) is 12.8. The summed E-state index contributed by atoms with van der Waals surface area (Å²) in [4.78, 5) is 16.4. The van der Waals surface area contributed by atoms with Gasteiger partial charge < -0.3 is 10.1 Å². The Balaban J connectivity index is 1.72. The molecule has 6 nitrogen and oxygen atoms in total. The van der Waals surface area contributed by atoms with Crippen molar-refractivity contribution in [3.8, 4) is 11.6 Å². The molecule has 0 bridgehead atoms. The Morgan fingerprint density at radius 1 is 1.17 bits per heavy atom. The fraction of sp³-hybridized carbons (Fsp3) is 0.0556. The SMILES string of the molecule is COc1ccc(/C=C/C(=O)Nc2cccnc2-n2cccn2)cc1. The van der Waals surface area contributed by atoms with Gasteiger partial charge in [-0.2, -0.15) is 5.10 Å². The molecule has 0 unspecified atom stereocenters. The Kier molecular flexibility index (Phi) is 4.67. The van der Waals surface area contributed by atoms with Crippen LogP contribution >= 0.6 is 0 Å². The first-order chi connectivity index (χ1) is 11.8. The Hall–Kier alpha value is -3.41. The third-order valence-electron chi connectivity index (χ3n) is 3.31. The van der Waals surface area contributed by atoms with Gasteiger partial charge >= 0.3 is 0 Å². The van der Waals surface area contributed by atoms with Crippen molar-refractivity contribution in [2.75, 3.05) is 12.4 Å². The van der Waals surface area contributed by atoms with Crippen LogP contribution in [0.3, 0.4) is 0 Å². The first-order valence-electron chi connectivity index (χ1n) is 7.34. The Labute approximate surface area is 139 Å². The Morgan fingerprint density at radius 2 is 2.00 bits per heavy atom. The number of amides is 1. The number of pyridine rings is 1. The summed E-state index contributed by atoms with van der Waals surface area (Å²) in [5, 5.41) is 6.96. The van der Waals surface area contributed by atoms with Crippen molar-refractivity contribution in [3.05, 3.63) is 72.7 Å². The van der Waals surface area contributed by atoms with E-state index in [1.807, 2.05) is 24.3 Å². The minimum absolute atomic E-state index is 0.243. The van der Waals surface area contributed by atoms with Crippen LogP contribution in [0.4, 0.5) is 5.69 Å². The first-order valence-corrected chi connectivity index (χ1v) is 7.34. The lowest BCUT2D eigenvalue weighted by molar-refractivity contribution is -0.111. The number of hydrogen-bond acceptors (Lipinski definition) is 4. The molecule has 0 fully saturated rings. The first kappa shape index (κ1) is 15.5. The smallest absolute Gasteiger partial charge is 0.248 e. The van der Waals surface area contributed by atoms with Crippen molar-refractivity contribution in [1.29, 1.82) is 0 Å². The number of nitrogens with one attached hydrogen (secondary N) is 1. The number of ether oxygens (including phenoxy) is 1. The van der Waals surface area contributed by atoms with Gasteiger partial charge in [0, 0.05) is 24.7 Å². The Morgan fingerprint density at radius 3 is 2.71 bits per heavy atom. The van der Waals surface area contributed by atoms with Crippen LogP contribution < -0.4 is 10.1 Å². The van der Waals surface area contributed by atoms with Crippen LogP contribution in [0.1, 0.15) is 5.56 Å². The molecule has 24 heavy (non-hydrogen) atoms. The lowest BCUT2D eigenvalue weighted by Gasteiger charge is -2.08. The van der Waals surface area contributed by atoms with Gasteiger partial charge in [-0.1, -0.05) is 12.1 Å². The van der Waals surface area contributed by atoms with E-state index in [4.69, 9.17) is 4.74 Å². The van der Waals surface area contributed by atoms with Crippen LogP contribution in [0.2, 0.25) is 0 Å². The third kappa shape index (κ3) is 3.67. The van der Waals surface area contributed by atoms with Gasteiger partial charge in [-0.15, -0.1) is 0 Å². The van der Waals surface area contributed by atoms with E-state index in [-0.39, 0.29) is 5.91 Å². The molecule has 0 saturated heterocycles. The van der Waals surface area contributed by atoms with E-state index in [1.165, 1.54) is 6.08 Å². The van der Waals surface area contributed by atoms with E-state index in [1.54, 1.807) is 54.7 Å². The number of hydrogen-bond donors (Lipinski definition) is 1. The summed E-state index contributed by atoms with van der Waals surface area (Å²) >= 11 is 0. The lowest BCUT2D eigenvalue weighted by Crippen LogP contribution is -2.11. The summed E-state index contributed by atoms with van der Waals surface area (Å²) in [6.07, 6.45) is 8.29. The number of anilines is 1. The predicted octanol–water partition coefficient (Wildman–Crippen LogP) is 2.93. The van der Waals surface area contributed by atoms with E-state index in [0.29, 0.717) is 11.5 Å². The van der Waals surface area contributed by atoms with E-state index >= 15 is 0 Å². The molecule has 120 valence electrons. The molecule has 1 aromatic carbocycles. The van der Waals surface area contributed by atoms with Crippen molar-refractivity contribution in [2.24, 2.45) is 0 Å². The minimum atomic E-state index is -0.243. The summed E-state index contributed by atoms with van der Waals surface area (Å²) in [5.41, 5.74) is 1.50. The molecule has 3 rings (SSSR count). The summed E-state index contributed by atoms with van der Waals surface area (Å²) < 4.78 is 6.70. The highest BCUT2D eigenvalue weighted by atomic mass is 16.5. The normalized spacial score (nSPS) is 10.7. The molecule has 3 aromatic rings. The number of rotatable bonds is 5. The summed E-state index contributed by atoms with van der Waals surface area (Å²) in [5.74, 6) is 1.09. The van der Waals surface area contributed by atoms with Gasteiger partial charge in [0.15, 0.2) is 5.82 Å². The number of aromatic nitrogens is 3. The van der Waals surface area contributed by atoms with Gasteiger partial charge in [0.25, 0.3) is 0 Å². The van der Waals surface area contributed by atoms with Crippen molar-refractivity contribution in [1.82, 2.24) is 14.8 Å². The van der Waals surface area contributed by atoms with Gasteiger partial charge in [0.2, 0.25) is 5.91 Å². The maximum atomic E-state index is 12.2. The van der Waals surface area contributed by atoms with E-state index in [0.717, 1.165) is 11.3 Å². The maximum Gasteiger partial charge on any atom is 0.248 e. The number of nitrogens with zero attached hydrogens (tertiary/aromatic N) is 3. The van der Waals surface area contributed by atoms with Crippen LogP contribution in [0.25, 0.3) is 11.9 Å². The number of carbonyl (C=O) groups is 1. The lowest BCUT2D eigenvalue weighted by atomic mass is 10.2. The van der Waals surface area contributed by atoms with Crippen molar-refractivity contribution >= 4 is 17.7 Å². The number of carbonyl (C=O) groups excluding carboxylic acids is 1. The molecule has 0 aliphatic heterocycles. The summed E-state index contributed by atoms with van der Waals surface area (Å²) in [6.45, 7) is 0. The standard InChI is InChI=1S/C18H16N4O2/c1-24-15-8-5-14(6-9-15)7-10-17(23)21-16-4-2-11-19-18(16)22-13-3-12-20-22/h2-13H,1H3,(H,21,23)/b10-7+. The highest BCUT2D eigenvalue weighted by molar-refractivity contribution is 6.02. The maximum absolute atomic E-state index is 12.2. The van der Waals surface area contributed by atoms with Gasteiger partial charge in [-0.3, -0.25) is 4.79 Å². The fourth-order valence-corrected chi connectivity index (χ4v) is 2.13. The van der Waals surface area contributed by atoms with Gasteiger partial charge in [0.05, 0.1) is 12.8 Å². The van der Waals surface area contributed by atoms with Crippen LogP contribution in [0.15, 0.2) is 67.1 Å². The van der Waals surface area contributed by atoms with Crippen molar-refractivity contribution in [3.63, 3.8) is 0 Å². The third-order valence-corrected chi connectivity index (χ3v) is 3.31. The second-order valence-corrected chi connectivity index (χ2v) is 4.92. The van der Waals surface area contributed by atoms with E-state index < -0.39 is 0 Å². The molecule has 6 heteroatoms. The molecule has 2 heterocycles. The zero-order valence-electron chi connectivity index (χ0n) is 13.1. The highest BCUT2D eigenvalue weighted by Crippen LogP contribution is 2.16. The minimum Gasteiger partial charge on any atom is -0.497 e. The number of benzene rings is 1.